The second kappa shape index (κ2) is 5.87. The van der Waals surface area contributed by atoms with E-state index < -0.39 is 0 Å². The van der Waals surface area contributed by atoms with Gasteiger partial charge in [0, 0.05) is 20.5 Å². The lowest BCUT2D eigenvalue weighted by atomic mass is 10.1. The molecule has 1 aliphatic heterocycles. The molecule has 1 unspecified atom stereocenters. The van der Waals surface area contributed by atoms with E-state index in [0.717, 1.165) is 25.4 Å². The Kier molecular flexibility index (Phi) is 3.71. The van der Waals surface area contributed by atoms with Gasteiger partial charge in [-0.2, -0.15) is 0 Å². The summed E-state index contributed by atoms with van der Waals surface area (Å²) in [5, 5.41) is 11.1. The van der Waals surface area contributed by atoms with Gasteiger partial charge in [-0.1, -0.05) is 36.4 Å². The summed E-state index contributed by atoms with van der Waals surface area (Å²) in [6, 6.07) is 15.6. The number of thiophene rings is 1. The summed E-state index contributed by atoms with van der Waals surface area (Å²) in [6.07, 6.45) is 4.59. The fourth-order valence-corrected chi connectivity index (χ4v) is 5.00. The van der Waals surface area contributed by atoms with Crippen molar-refractivity contribution in [3.05, 3.63) is 65.0 Å². The van der Waals surface area contributed by atoms with E-state index in [1.54, 1.807) is 23.1 Å². The van der Waals surface area contributed by atoms with Gasteiger partial charge in [-0.3, -0.25) is 4.79 Å². The molecule has 4 rings (SSSR count). The van der Waals surface area contributed by atoms with E-state index in [2.05, 4.69) is 0 Å². The highest BCUT2D eigenvalue weighted by atomic mass is 32.2. The van der Waals surface area contributed by atoms with Gasteiger partial charge < -0.3 is 5.11 Å². The first-order valence-corrected chi connectivity index (χ1v) is 9.10. The second-order valence-electron chi connectivity index (χ2n) is 5.42. The molecule has 0 aliphatic carbocycles. The zero-order valence-corrected chi connectivity index (χ0v) is 13.9. The van der Waals surface area contributed by atoms with Crippen LogP contribution in [-0.2, 0) is 0 Å². The number of carbonyl (C=O) groups excluding carboxylic acids is 1. The number of ketones is 1. The molecule has 114 valence electrons. The number of Topliss-reactive ketones (excluding diaryl/α,β-unsaturated/α-hetero) is 1. The lowest BCUT2D eigenvalue weighted by molar-refractivity contribution is 0.0992. The SMILES string of the molecule is O=C1c2ccccc2SC1C/C=C/c1sc2ccccc2c1O. The monoisotopic (exact) mass is 338 g/mol. The van der Waals surface area contributed by atoms with E-state index in [1.807, 2.05) is 60.7 Å². The summed E-state index contributed by atoms with van der Waals surface area (Å²) in [5.74, 6) is 0.534. The molecule has 0 radical (unpaired) electrons. The van der Waals surface area contributed by atoms with Crippen molar-refractivity contribution in [3.63, 3.8) is 0 Å². The van der Waals surface area contributed by atoms with Crippen molar-refractivity contribution in [2.24, 2.45) is 0 Å². The van der Waals surface area contributed by atoms with Crippen LogP contribution < -0.4 is 0 Å². The van der Waals surface area contributed by atoms with E-state index in [1.165, 1.54) is 0 Å². The Bertz CT molecular complexity index is 924. The fraction of sp³-hybridized carbons (Fsp3) is 0.105. The van der Waals surface area contributed by atoms with Crippen molar-refractivity contribution >= 4 is 45.0 Å². The first-order valence-electron chi connectivity index (χ1n) is 7.41. The maximum atomic E-state index is 12.3. The number of fused-ring (bicyclic) bond motifs is 2. The van der Waals surface area contributed by atoms with Gasteiger partial charge in [-0.05, 0) is 30.7 Å². The molecule has 0 fully saturated rings. The quantitative estimate of drug-likeness (QED) is 0.698. The molecule has 0 saturated carbocycles. The second-order valence-corrected chi connectivity index (χ2v) is 7.74. The predicted molar refractivity (Wildman–Crippen MR) is 97.6 cm³/mol. The van der Waals surface area contributed by atoms with Crippen LogP contribution in [0.3, 0.4) is 0 Å². The zero-order valence-electron chi connectivity index (χ0n) is 12.2. The summed E-state index contributed by atoms with van der Waals surface area (Å²) >= 11 is 3.19. The summed E-state index contributed by atoms with van der Waals surface area (Å²) in [4.78, 5) is 14.3. The van der Waals surface area contributed by atoms with E-state index in [9.17, 15) is 9.90 Å². The van der Waals surface area contributed by atoms with E-state index in [-0.39, 0.29) is 11.0 Å². The van der Waals surface area contributed by atoms with Crippen molar-refractivity contribution < 1.29 is 9.90 Å². The average molecular weight is 338 g/mol. The number of carbonyl (C=O) groups is 1. The number of rotatable bonds is 3. The van der Waals surface area contributed by atoms with E-state index in [4.69, 9.17) is 0 Å². The molecule has 2 nitrogen and oxygen atoms in total. The highest BCUT2D eigenvalue weighted by Gasteiger charge is 2.29. The smallest absolute Gasteiger partial charge is 0.177 e. The molecule has 1 aliphatic rings. The van der Waals surface area contributed by atoms with Crippen molar-refractivity contribution in [1.82, 2.24) is 0 Å². The standard InChI is InChI=1S/C19H14O2S2/c20-18-12-6-1-3-8-14(12)22-16(18)10-5-11-17-19(21)13-7-2-4-9-15(13)23-17/h1-10,17,20H,11H2/b10-5+. The van der Waals surface area contributed by atoms with E-state index >= 15 is 0 Å². The normalized spacial score (nSPS) is 17.2. The van der Waals surface area contributed by atoms with Gasteiger partial charge in [0.25, 0.3) is 0 Å². The first-order chi connectivity index (χ1) is 11.2. The van der Waals surface area contributed by atoms with Gasteiger partial charge in [-0.25, -0.2) is 0 Å². The van der Waals surface area contributed by atoms with Crippen molar-refractivity contribution in [2.75, 3.05) is 0 Å². The Hall–Kier alpha value is -2.04. The molecular formula is C19H14O2S2. The maximum Gasteiger partial charge on any atom is 0.177 e. The van der Waals surface area contributed by atoms with Crippen LogP contribution in [0.4, 0.5) is 0 Å². The molecule has 1 atom stereocenters. The molecule has 0 amide bonds. The van der Waals surface area contributed by atoms with Crippen LogP contribution in [0.5, 0.6) is 5.75 Å². The van der Waals surface area contributed by atoms with Crippen molar-refractivity contribution in [1.29, 1.82) is 0 Å². The van der Waals surface area contributed by atoms with E-state index in [0.29, 0.717) is 12.2 Å². The largest absolute Gasteiger partial charge is 0.506 e. The minimum atomic E-state index is -0.0554. The number of hydrogen-bond acceptors (Lipinski definition) is 4. The topological polar surface area (TPSA) is 37.3 Å². The van der Waals surface area contributed by atoms with Crippen LogP contribution in [0.25, 0.3) is 16.2 Å². The molecule has 2 heterocycles. The molecule has 0 spiro atoms. The summed E-state index contributed by atoms with van der Waals surface area (Å²) < 4.78 is 1.07. The van der Waals surface area contributed by atoms with Crippen LogP contribution >= 0.6 is 23.1 Å². The van der Waals surface area contributed by atoms with Crippen LogP contribution in [0.2, 0.25) is 0 Å². The number of aromatic hydroxyl groups is 1. The van der Waals surface area contributed by atoms with Crippen LogP contribution in [0.1, 0.15) is 21.7 Å². The summed E-state index contributed by atoms with van der Waals surface area (Å²) in [5.41, 5.74) is 0.834. The summed E-state index contributed by atoms with van der Waals surface area (Å²) in [7, 11) is 0. The molecule has 2 aromatic carbocycles. The number of benzene rings is 2. The average Bonchev–Trinajstić information content (AvgIpc) is 3.07. The molecule has 4 heteroatoms. The Morgan fingerprint density at radius 3 is 2.70 bits per heavy atom. The Labute approximate surface area is 142 Å². The minimum Gasteiger partial charge on any atom is -0.506 e. The molecule has 3 aromatic rings. The first kappa shape index (κ1) is 14.5. The Balaban J connectivity index is 1.52. The van der Waals surface area contributed by atoms with Gasteiger partial charge in [-0.15, -0.1) is 23.1 Å². The van der Waals surface area contributed by atoms with Crippen molar-refractivity contribution in [2.45, 2.75) is 16.6 Å². The Morgan fingerprint density at radius 2 is 1.87 bits per heavy atom. The van der Waals surface area contributed by atoms with Crippen LogP contribution in [0.15, 0.2) is 59.5 Å². The van der Waals surface area contributed by atoms with Crippen molar-refractivity contribution in [3.8, 4) is 5.75 Å². The third-order valence-corrected chi connectivity index (χ3v) is 6.36. The Morgan fingerprint density at radius 1 is 1.09 bits per heavy atom. The molecule has 23 heavy (non-hydrogen) atoms. The molecular weight excluding hydrogens is 324 g/mol. The van der Waals surface area contributed by atoms with Gasteiger partial charge in [0.05, 0.1) is 10.1 Å². The lowest BCUT2D eigenvalue weighted by Crippen LogP contribution is -2.09. The van der Waals surface area contributed by atoms with Gasteiger partial charge in [0.2, 0.25) is 0 Å². The van der Waals surface area contributed by atoms with Gasteiger partial charge in [0.1, 0.15) is 5.75 Å². The molecule has 0 saturated heterocycles. The lowest BCUT2D eigenvalue weighted by Gasteiger charge is -2.01. The number of hydrogen-bond donors (Lipinski definition) is 1. The molecule has 0 bridgehead atoms. The number of thioether (sulfide) groups is 1. The fourth-order valence-electron chi connectivity index (χ4n) is 2.77. The van der Waals surface area contributed by atoms with Gasteiger partial charge in [0.15, 0.2) is 5.78 Å². The number of allylic oxidation sites excluding steroid dienone is 1. The minimum absolute atomic E-state index is 0.0554. The highest BCUT2D eigenvalue weighted by Crippen LogP contribution is 2.40. The summed E-state index contributed by atoms with van der Waals surface area (Å²) in [6.45, 7) is 0. The molecule has 1 N–H and O–H groups in total. The third kappa shape index (κ3) is 2.58. The third-order valence-electron chi connectivity index (χ3n) is 3.93. The van der Waals surface area contributed by atoms with Gasteiger partial charge >= 0.3 is 0 Å². The van der Waals surface area contributed by atoms with Crippen LogP contribution in [-0.4, -0.2) is 16.1 Å². The molecule has 1 aromatic heterocycles. The predicted octanol–water partition coefficient (Wildman–Crippen LogP) is 5.37. The van der Waals surface area contributed by atoms with Crippen LogP contribution in [0, 0.1) is 0 Å². The zero-order chi connectivity index (χ0) is 15.8. The maximum absolute atomic E-state index is 12.3. The highest BCUT2D eigenvalue weighted by molar-refractivity contribution is 8.01.